The molecule has 0 saturated heterocycles. The van der Waals surface area contributed by atoms with Gasteiger partial charge in [0.25, 0.3) is 0 Å². The van der Waals surface area contributed by atoms with Crippen molar-refractivity contribution < 1.29 is 18.7 Å². The first-order chi connectivity index (χ1) is 11.3. The van der Waals surface area contributed by atoms with E-state index in [0.717, 1.165) is 0 Å². The largest absolute Gasteiger partial charge is 0.467 e. The number of rotatable bonds is 6. The number of fused-ring (bicyclic) bond motifs is 1. The van der Waals surface area contributed by atoms with Crippen LogP contribution < -0.4 is 27.1 Å². The van der Waals surface area contributed by atoms with Crippen LogP contribution in [-0.4, -0.2) is 25.0 Å². The number of hydrogen-bond acceptors (Lipinski definition) is 6. The number of methoxy groups -OCH3 is 1. The van der Waals surface area contributed by atoms with Gasteiger partial charge in [-0.05, 0) is 18.6 Å². The maximum absolute atomic E-state index is 12.0. The first-order valence-corrected chi connectivity index (χ1v) is 7.36. The molecule has 1 aromatic heterocycles. The normalized spacial score (nSPS) is 12.0. The zero-order valence-electron chi connectivity index (χ0n) is 12.8. The third kappa shape index (κ3) is 3.84. The molecule has 0 unspecified atom stereocenters. The quantitative estimate of drug-likeness (QED) is 0.707. The molecule has 8 nitrogen and oxygen atoms in total. The summed E-state index contributed by atoms with van der Waals surface area (Å²) >= 11 is 6.08. The van der Waals surface area contributed by atoms with Crippen LogP contribution in [0.5, 0.6) is 5.95 Å². The SMILES string of the molecule is COc1oc(=O)c2cc(NC(=O)[C@@H](N)CCC(N)=O)ccc2c1Cl. The number of nitrogens with one attached hydrogen (secondary N) is 1. The van der Waals surface area contributed by atoms with Crippen molar-refractivity contribution in [2.24, 2.45) is 11.5 Å². The number of hydrogen-bond donors (Lipinski definition) is 3. The topological polar surface area (TPSA) is 138 Å². The number of ether oxygens (including phenoxy) is 1. The average molecular weight is 354 g/mol. The Bertz CT molecular complexity index is 849. The lowest BCUT2D eigenvalue weighted by molar-refractivity contribution is -0.119. The first kappa shape index (κ1) is 17.8. The Morgan fingerprint density at radius 2 is 2.08 bits per heavy atom. The van der Waals surface area contributed by atoms with Crippen LogP contribution in [0.25, 0.3) is 10.8 Å². The fraction of sp³-hybridized carbons (Fsp3) is 0.267. The summed E-state index contributed by atoms with van der Waals surface area (Å²) < 4.78 is 9.83. The summed E-state index contributed by atoms with van der Waals surface area (Å²) in [7, 11) is 1.33. The number of benzene rings is 1. The summed E-state index contributed by atoms with van der Waals surface area (Å²) in [4.78, 5) is 34.7. The van der Waals surface area contributed by atoms with E-state index in [0.29, 0.717) is 11.1 Å². The van der Waals surface area contributed by atoms with Gasteiger partial charge in [-0.3, -0.25) is 9.59 Å². The summed E-state index contributed by atoms with van der Waals surface area (Å²) in [5.41, 5.74) is 10.4. The van der Waals surface area contributed by atoms with Gasteiger partial charge >= 0.3 is 11.6 Å². The standard InChI is InChI=1S/C15H16ClN3O5/c1-23-15-12(16)8-3-2-7(6-9(8)14(22)24-15)19-13(21)10(17)4-5-11(18)20/h2-3,6,10H,4-5,17H2,1H3,(H2,18,20)(H,19,21)/t10-/m0/s1. The lowest BCUT2D eigenvalue weighted by Crippen LogP contribution is -2.36. The molecule has 1 atom stereocenters. The van der Waals surface area contributed by atoms with Gasteiger partial charge < -0.3 is 25.9 Å². The average Bonchev–Trinajstić information content (AvgIpc) is 2.55. The van der Waals surface area contributed by atoms with Crippen molar-refractivity contribution in [3.8, 4) is 5.95 Å². The minimum Gasteiger partial charge on any atom is -0.467 e. The Balaban J connectivity index is 2.25. The van der Waals surface area contributed by atoms with Crippen LogP contribution in [0.2, 0.25) is 5.02 Å². The number of primary amides is 1. The molecule has 0 bridgehead atoms. The molecule has 2 rings (SSSR count). The Morgan fingerprint density at radius 1 is 1.38 bits per heavy atom. The van der Waals surface area contributed by atoms with Crippen molar-refractivity contribution in [1.82, 2.24) is 0 Å². The van der Waals surface area contributed by atoms with Gasteiger partial charge in [0.05, 0.1) is 18.5 Å². The second-order valence-electron chi connectivity index (χ2n) is 5.06. The van der Waals surface area contributed by atoms with Crippen molar-refractivity contribution in [3.63, 3.8) is 0 Å². The lowest BCUT2D eigenvalue weighted by atomic mass is 10.1. The molecular weight excluding hydrogens is 338 g/mol. The van der Waals surface area contributed by atoms with Crippen LogP contribution in [0, 0.1) is 0 Å². The Kier molecular flexibility index (Phi) is 5.42. The third-order valence-electron chi connectivity index (χ3n) is 3.33. The smallest absolute Gasteiger partial charge is 0.346 e. The highest BCUT2D eigenvalue weighted by Crippen LogP contribution is 2.31. The van der Waals surface area contributed by atoms with Gasteiger partial charge in [-0.1, -0.05) is 17.7 Å². The minimum absolute atomic E-state index is 0.00526. The van der Waals surface area contributed by atoms with Gasteiger partial charge in [-0.2, -0.15) is 0 Å². The molecule has 0 spiro atoms. The van der Waals surface area contributed by atoms with Crippen LogP contribution in [0.15, 0.2) is 27.4 Å². The van der Waals surface area contributed by atoms with Crippen LogP contribution in [0.3, 0.4) is 0 Å². The number of nitrogens with two attached hydrogens (primary N) is 2. The summed E-state index contributed by atoms with van der Waals surface area (Å²) in [6.07, 6.45) is 0.130. The van der Waals surface area contributed by atoms with Crippen LogP contribution >= 0.6 is 11.6 Å². The summed E-state index contributed by atoms with van der Waals surface area (Å²) in [6.45, 7) is 0. The van der Waals surface area contributed by atoms with E-state index in [9.17, 15) is 14.4 Å². The molecule has 1 aromatic carbocycles. The number of carbonyl (C=O) groups is 2. The van der Waals surface area contributed by atoms with Gasteiger partial charge in [0.1, 0.15) is 5.02 Å². The predicted octanol–water partition coefficient (Wildman–Crippen LogP) is 0.986. The zero-order chi connectivity index (χ0) is 17.9. The van der Waals surface area contributed by atoms with E-state index in [1.54, 1.807) is 12.1 Å². The highest BCUT2D eigenvalue weighted by molar-refractivity contribution is 6.36. The maximum atomic E-state index is 12.0. The fourth-order valence-corrected chi connectivity index (χ4v) is 2.35. The zero-order valence-corrected chi connectivity index (χ0v) is 13.6. The predicted molar refractivity (Wildman–Crippen MR) is 89.1 cm³/mol. The van der Waals surface area contributed by atoms with Crippen LogP contribution in [-0.2, 0) is 9.59 Å². The number of anilines is 1. The molecule has 2 amide bonds. The first-order valence-electron chi connectivity index (χ1n) is 6.98. The highest BCUT2D eigenvalue weighted by atomic mass is 35.5. The fourth-order valence-electron chi connectivity index (χ4n) is 2.07. The minimum atomic E-state index is -0.899. The Morgan fingerprint density at radius 3 is 2.71 bits per heavy atom. The number of halogens is 1. The van der Waals surface area contributed by atoms with E-state index in [4.69, 9.17) is 32.2 Å². The van der Waals surface area contributed by atoms with E-state index in [-0.39, 0.29) is 29.2 Å². The molecular formula is C15H16ClN3O5. The van der Waals surface area contributed by atoms with Gasteiger partial charge in [-0.25, -0.2) is 4.79 Å². The third-order valence-corrected chi connectivity index (χ3v) is 3.69. The van der Waals surface area contributed by atoms with E-state index >= 15 is 0 Å². The Hall–Kier alpha value is -2.58. The van der Waals surface area contributed by atoms with Crippen LogP contribution in [0.1, 0.15) is 12.8 Å². The Labute approximate surface area is 141 Å². The number of amides is 2. The van der Waals surface area contributed by atoms with Crippen molar-refractivity contribution in [2.75, 3.05) is 12.4 Å². The van der Waals surface area contributed by atoms with Crippen molar-refractivity contribution in [1.29, 1.82) is 0 Å². The summed E-state index contributed by atoms with van der Waals surface area (Å²) in [6, 6.07) is 3.64. The van der Waals surface area contributed by atoms with E-state index < -0.39 is 23.5 Å². The molecule has 9 heteroatoms. The van der Waals surface area contributed by atoms with Crippen LogP contribution in [0.4, 0.5) is 5.69 Å². The maximum Gasteiger partial charge on any atom is 0.346 e. The second-order valence-corrected chi connectivity index (χ2v) is 5.43. The van der Waals surface area contributed by atoms with E-state index in [2.05, 4.69) is 5.32 Å². The van der Waals surface area contributed by atoms with Crippen molar-refractivity contribution in [2.45, 2.75) is 18.9 Å². The van der Waals surface area contributed by atoms with Crippen molar-refractivity contribution in [3.05, 3.63) is 33.6 Å². The molecule has 0 aliphatic rings. The lowest BCUT2D eigenvalue weighted by Gasteiger charge is -2.12. The van der Waals surface area contributed by atoms with E-state index in [1.807, 2.05) is 0 Å². The van der Waals surface area contributed by atoms with E-state index in [1.165, 1.54) is 13.2 Å². The number of carbonyl (C=O) groups excluding carboxylic acids is 2. The van der Waals surface area contributed by atoms with Gasteiger partial charge in [0.2, 0.25) is 11.8 Å². The molecule has 0 radical (unpaired) electrons. The molecule has 0 aliphatic carbocycles. The summed E-state index contributed by atoms with van der Waals surface area (Å²) in [5.74, 6) is -1.12. The molecule has 0 fully saturated rings. The van der Waals surface area contributed by atoms with Gasteiger partial charge in [0.15, 0.2) is 0 Å². The van der Waals surface area contributed by atoms with Gasteiger partial charge in [0, 0.05) is 17.5 Å². The summed E-state index contributed by atoms with van der Waals surface area (Å²) in [5, 5.41) is 3.33. The monoisotopic (exact) mass is 353 g/mol. The molecule has 128 valence electrons. The molecule has 2 aromatic rings. The molecule has 0 aliphatic heterocycles. The van der Waals surface area contributed by atoms with Gasteiger partial charge in [-0.15, -0.1) is 0 Å². The van der Waals surface area contributed by atoms with Crippen molar-refractivity contribution >= 4 is 39.9 Å². The molecule has 24 heavy (non-hydrogen) atoms. The molecule has 5 N–H and O–H groups in total. The second kappa shape index (κ2) is 7.33. The molecule has 1 heterocycles. The molecule has 0 saturated carbocycles. The highest BCUT2D eigenvalue weighted by Gasteiger charge is 2.17.